The summed E-state index contributed by atoms with van der Waals surface area (Å²) in [4.78, 5) is 37.6. The fraction of sp³-hybridized carbons (Fsp3) is 0.615. The number of nitrogens with zero attached hydrogens (tertiary/aromatic N) is 1. The minimum atomic E-state index is -1.65. The summed E-state index contributed by atoms with van der Waals surface area (Å²) in [5.41, 5.74) is 0. The van der Waals surface area contributed by atoms with Crippen molar-refractivity contribution in [1.29, 1.82) is 0 Å². The van der Waals surface area contributed by atoms with Gasteiger partial charge in [-0.15, -0.1) is 0 Å². The minimum Gasteiger partial charge on any atom is -0.545 e. The molecule has 0 spiro atoms. The number of carboxylic acids is 1. The highest BCUT2D eigenvalue weighted by Gasteiger charge is 2.22. The maximum Gasteiger partial charge on any atom is 0.306 e. The molecule has 9 heteroatoms. The first-order valence-corrected chi connectivity index (χ1v) is 42.2. The Morgan fingerprint density at radius 3 is 0.781 bits per heavy atom. The molecule has 0 aromatic heterocycles. The molecule has 0 rings (SSSR count). The number of esters is 2. The Bertz CT molecular complexity index is 2500. The molecule has 0 aromatic rings. The van der Waals surface area contributed by atoms with E-state index in [1.807, 2.05) is 21.1 Å². The predicted octanol–water partition coefficient (Wildman–Crippen LogP) is 26.5. The number of hydrogen-bond donors (Lipinski definition) is 0. The Morgan fingerprint density at radius 1 is 0.286 bits per heavy atom. The van der Waals surface area contributed by atoms with E-state index < -0.39 is 24.3 Å². The highest BCUT2D eigenvalue weighted by atomic mass is 16.7. The van der Waals surface area contributed by atoms with Crippen LogP contribution in [0.15, 0.2) is 207 Å². The van der Waals surface area contributed by atoms with E-state index >= 15 is 0 Å². The van der Waals surface area contributed by atoms with E-state index in [0.29, 0.717) is 17.4 Å². The molecular formula is C96H155NO8. The highest BCUT2D eigenvalue weighted by molar-refractivity contribution is 5.70. The maximum absolute atomic E-state index is 13.0. The zero-order chi connectivity index (χ0) is 76.0. The molecule has 2 atom stereocenters. The molecule has 0 aliphatic heterocycles. The van der Waals surface area contributed by atoms with Gasteiger partial charge >= 0.3 is 11.9 Å². The summed E-state index contributed by atoms with van der Waals surface area (Å²) in [5.74, 6) is -2.35. The van der Waals surface area contributed by atoms with Crippen molar-refractivity contribution < 1.29 is 42.9 Å². The van der Waals surface area contributed by atoms with Gasteiger partial charge in [0.2, 0.25) is 0 Å². The van der Waals surface area contributed by atoms with Crippen molar-refractivity contribution in [3.63, 3.8) is 0 Å². The number of unbranched alkanes of at least 4 members (excludes halogenated alkanes) is 27. The molecule has 0 radical (unpaired) electrons. The summed E-state index contributed by atoms with van der Waals surface area (Å²) in [5, 5.41) is 11.9. The average molecular weight is 1450 g/mol. The van der Waals surface area contributed by atoms with Crippen molar-refractivity contribution in [2.75, 3.05) is 47.5 Å². The van der Waals surface area contributed by atoms with Crippen LogP contribution in [0.2, 0.25) is 0 Å². The van der Waals surface area contributed by atoms with Crippen LogP contribution in [0.3, 0.4) is 0 Å². The molecule has 2 unspecified atom stereocenters. The van der Waals surface area contributed by atoms with Gasteiger partial charge in [-0.3, -0.25) is 9.59 Å². The number of carbonyl (C=O) groups is 3. The van der Waals surface area contributed by atoms with Crippen molar-refractivity contribution in [2.24, 2.45) is 0 Å². The Labute approximate surface area is 645 Å². The number of carboxylic acid groups (broad SMARTS) is 1. The second-order valence-corrected chi connectivity index (χ2v) is 28.7. The topological polar surface area (TPSA) is 111 Å². The zero-order valence-electron chi connectivity index (χ0n) is 67.8. The molecule has 0 saturated heterocycles. The number of allylic oxidation sites excluding steroid dienone is 34. The third-order valence-electron chi connectivity index (χ3n) is 17.5. The Kier molecular flexibility index (Phi) is 78.6. The SMILES string of the molecule is CC/C=C\C/C=C\C/C=C\C/C=C\C/C=C\C/C=C\C/C=C\C/C=C\C/C=C\C/C=C\C/C=C\C/C=C\CCCCC(=O)OC(COC(=O)CCCCCCCCCCCCCCCCCCCCCCCCCCC/C=C\C/C=C\C/C=C\C/C=C\C/C=C\CC)COC(OCC[N+](C)(C)C)C(=O)[O-]. The standard InChI is InChI=1S/C96H155NO8/c1-6-8-10-12-14-16-18-20-22-24-26-28-30-32-34-36-38-40-42-44-46-47-49-50-52-54-56-58-60-62-64-66-68-70-72-74-76-78-80-82-84-86-93(98)103-90-92(91-104-96(95(100)101)102-89-88-97(3,4)5)105-94(99)87-85-83-81-79-77-75-73-71-69-67-65-63-61-59-57-55-53-51-48-45-43-41-39-37-35-33-31-29-27-25-23-21-19-17-15-13-11-9-7-2/h8-11,14-17,20-23,26-29,32-35,39,41,45,48,53,55,59,61,65,67,71,73,77,79,92,96H,6-7,12-13,18-19,24-25,30-31,36-38,40,42-44,46-47,49-52,54,56-58,60,62-64,66,68-70,72,74-76,78,80-91H2,1-5H3/b10-8-,11-9-,16-14-,17-15-,22-20-,23-21-,28-26-,29-27-,34-32-,35-33-,41-39-,48-45-,55-53-,61-59-,67-65-,73-71-,79-77-. The lowest BCUT2D eigenvalue weighted by molar-refractivity contribution is -0.870. The van der Waals surface area contributed by atoms with Crippen molar-refractivity contribution in [1.82, 2.24) is 0 Å². The first-order chi connectivity index (χ1) is 51.6. The maximum atomic E-state index is 13.0. The van der Waals surface area contributed by atoms with Crippen LogP contribution in [0, 0.1) is 0 Å². The lowest BCUT2D eigenvalue weighted by Crippen LogP contribution is -2.44. The molecule has 0 N–H and O–H groups in total. The normalized spacial score (nSPS) is 13.7. The average Bonchev–Trinajstić information content (AvgIpc) is 1.97. The van der Waals surface area contributed by atoms with Crippen molar-refractivity contribution in [2.45, 2.75) is 334 Å². The summed E-state index contributed by atoms with van der Waals surface area (Å²) in [6.45, 7) is 4.47. The van der Waals surface area contributed by atoms with E-state index in [9.17, 15) is 19.5 Å². The summed E-state index contributed by atoms with van der Waals surface area (Å²) in [6, 6.07) is 0. The second kappa shape index (κ2) is 83.5. The van der Waals surface area contributed by atoms with Gasteiger partial charge in [-0.05, 0) is 148 Å². The summed E-state index contributed by atoms with van der Waals surface area (Å²) in [7, 11) is 5.91. The van der Waals surface area contributed by atoms with E-state index in [-0.39, 0.29) is 38.6 Å². The van der Waals surface area contributed by atoms with Gasteiger partial charge in [-0.2, -0.15) is 0 Å². The first kappa shape index (κ1) is 98.9. The number of ether oxygens (including phenoxy) is 4. The molecule has 0 aromatic carbocycles. The molecule has 0 amide bonds. The Hall–Kier alpha value is -6.13. The monoisotopic (exact) mass is 1450 g/mol. The Balaban J connectivity index is 4.11. The van der Waals surface area contributed by atoms with Crippen LogP contribution in [0.25, 0.3) is 0 Å². The van der Waals surface area contributed by atoms with Gasteiger partial charge in [-0.1, -0.05) is 368 Å². The smallest absolute Gasteiger partial charge is 0.306 e. The number of carbonyl (C=O) groups excluding carboxylic acids is 3. The number of aliphatic carboxylic acids is 1. The number of likely N-dealkylation sites (N-methyl/N-ethyl adjacent to an activating group) is 1. The first-order valence-electron chi connectivity index (χ1n) is 42.2. The molecule has 592 valence electrons. The van der Waals surface area contributed by atoms with Crippen LogP contribution >= 0.6 is 0 Å². The summed E-state index contributed by atoms with van der Waals surface area (Å²) >= 11 is 0. The lowest BCUT2D eigenvalue weighted by Gasteiger charge is -2.26. The van der Waals surface area contributed by atoms with Gasteiger partial charge in [0, 0.05) is 12.8 Å². The lowest BCUT2D eigenvalue weighted by atomic mass is 10.0. The zero-order valence-corrected chi connectivity index (χ0v) is 67.8. The van der Waals surface area contributed by atoms with Crippen molar-refractivity contribution in [3.8, 4) is 0 Å². The molecule has 0 aliphatic carbocycles. The van der Waals surface area contributed by atoms with Gasteiger partial charge in [0.25, 0.3) is 0 Å². The minimum absolute atomic E-state index is 0.130. The predicted molar refractivity (Wildman–Crippen MR) is 453 cm³/mol. The van der Waals surface area contributed by atoms with E-state index in [0.717, 1.165) is 141 Å². The van der Waals surface area contributed by atoms with Crippen LogP contribution in [0.5, 0.6) is 0 Å². The molecule has 0 fully saturated rings. The third-order valence-corrected chi connectivity index (χ3v) is 17.5. The Morgan fingerprint density at radius 2 is 0.514 bits per heavy atom. The van der Waals surface area contributed by atoms with Crippen molar-refractivity contribution in [3.05, 3.63) is 207 Å². The molecular weight excluding hydrogens is 1300 g/mol. The van der Waals surface area contributed by atoms with Crippen LogP contribution < -0.4 is 5.11 Å². The van der Waals surface area contributed by atoms with E-state index in [2.05, 4.69) is 220 Å². The summed E-state index contributed by atoms with van der Waals surface area (Å²) in [6.07, 6.45) is 127. The van der Waals surface area contributed by atoms with Crippen molar-refractivity contribution >= 4 is 17.9 Å². The molecule has 9 nitrogen and oxygen atoms in total. The van der Waals surface area contributed by atoms with E-state index in [4.69, 9.17) is 18.9 Å². The molecule has 105 heavy (non-hydrogen) atoms. The number of hydrogen-bond acceptors (Lipinski definition) is 8. The van der Waals surface area contributed by atoms with Gasteiger partial charge in [0.15, 0.2) is 12.4 Å². The van der Waals surface area contributed by atoms with E-state index in [1.165, 1.54) is 148 Å². The fourth-order valence-corrected chi connectivity index (χ4v) is 11.2. The quantitative estimate of drug-likeness (QED) is 0.0195. The number of quaternary nitrogens is 1. The van der Waals surface area contributed by atoms with Crippen LogP contribution in [-0.4, -0.2) is 82.3 Å². The van der Waals surface area contributed by atoms with Crippen LogP contribution in [0.4, 0.5) is 0 Å². The summed E-state index contributed by atoms with van der Waals surface area (Å²) < 4.78 is 22.8. The largest absolute Gasteiger partial charge is 0.545 e. The third kappa shape index (κ3) is 85.0. The van der Waals surface area contributed by atoms with Crippen LogP contribution in [0.1, 0.15) is 322 Å². The van der Waals surface area contributed by atoms with Gasteiger partial charge < -0.3 is 33.3 Å². The van der Waals surface area contributed by atoms with Gasteiger partial charge in [0.05, 0.1) is 40.3 Å². The van der Waals surface area contributed by atoms with Crippen LogP contribution in [-0.2, 0) is 33.3 Å². The molecule has 0 saturated carbocycles. The number of rotatable bonds is 76. The molecule has 0 bridgehead atoms. The van der Waals surface area contributed by atoms with E-state index in [1.54, 1.807) is 0 Å². The fourth-order valence-electron chi connectivity index (χ4n) is 11.2. The van der Waals surface area contributed by atoms with Gasteiger partial charge in [0.1, 0.15) is 13.2 Å². The van der Waals surface area contributed by atoms with Gasteiger partial charge in [-0.25, -0.2) is 0 Å². The molecule has 0 aliphatic rings. The molecule has 0 heterocycles. The highest BCUT2D eigenvalue weighted by Crippen LogP contribution is 2.18. The second-order valence-electron chi connectivity index (χ2n) is 28.7.